The molecule has 2 atom stereocenters. The maximum Gasteiger partial charge on any atom is 0.0616 e. The molecule has 0 aliphatic heterocycles. The fraction of sp³-hybridized carbons (Fsp3) is 0.636. The van der Waals surface area contributed by atoms with Crippen LogP contribution >= 0.6 is 27.3 Å². The molecule has 1 rings (SSSR count). The van der Waals surface area contributed by atoms with Crippen molar-refractivity contribution in [3.8, 4) is 0 Å². The van der Waals surface area contributed by atoms with E-state index in [4.69, 9.17) is 0 Å². The average Bonchev–Trinajstić information content (AvgIpc) is 2.50. The van der Waals surface area contributed by atoms with Crippen LogP contribution in [-0.4, -0.2) is 11.2 Å². The van der Waals surface area contributed by atoms with Crippen molar-refractivity contribution in [2.75, 3.05) is 0 Å². The summed E-state index contributed by atoms with van der Waals surface area (Å²) >= 11 is 5.18. The molecule has 0 radical (unpaired) electrons. The summed E-state index contributed by atoms with van der Waals surface area (Å²) in [5.41, 5.74) is 0. The van der Waals surface area contributed by atoms with Crippen molar-refractivity contribution >= 4 is 27.3 Å². The van der Waals surface area contributed by atoms with Crippen LogP contribution < -0.4 is 0 Å². The van der Waals surface area contributed by atoms with Gasteiger partial charge in [-0.3, -0.25) is 0 Å². The first-order valence-corrected chi connectivity index (χ1v) is 6.59. The Morgan fingerprint density at radius 3 is 2.50 bits per heavy atom. The van der Waals surface area contributed by atoms with Crippen molar-refractivity contribution in [3.05, 3.63) is 20.8 Å². The molecule has 0 saturated carbocycles. The lowest BCUT2D eigenvalue weighted by Gasteiger charge is -2.21. The third kappa shape index (κ3) is 3.07. The lowest BCUT2D eigenvalue weighted by Crippen LogP contribution is -2.24. The van der Waals surface area contributed by atoms with Gasteiger partial charge in [0, 0.05) is 15.8 Å². The van der Waals surface area contributed by atoms with Crippen molar-refractivity contribution in [2.45, 2.75) is 33.3 Å². The molecular formula is C11H17BrOS. The van der Waals surface area contributed by atoms with Gasteiger partial charge in [-0.25, -0.2) is 0 Å². The van der Waals surface area contributed by atoms with Crippen molar-refractivity contribution in [3.63, 3.8) is 0 Å². The third-order valence-corrected chi connectivity index (χ3v) is 4.69. The quantitative estimate of drug-likeness (QED) is 0.889. The SMILES string of the molecule is CC(C)C(C)C(O)Cc1sccc1Br. The summed E-state index contributed by atoms with van der Waals surface area (Å²) in [6, 6.07) is 2.03. The molecule has 1 nitrogen and oxygen atoms in total. The van der Waals surface area contributed by atoms with E-state index in [0.717, 1.165) is 10.9 Å². The van der Waals surface area contributed by atoms with E-state index in [0.29, 0.717) is 11.8 Å². The summed E-state index contributed by atoms with van der Waals surface area (Å²) in [6.07, 6.45) is 0.530. The first-order valence-electron chi connectivity index (χ1n) is 4.92. The van der Waals surface area contributed by atoms with E-state index in [1.54, 1.807) is 11.3 Å². The van der Waals surface area contributed by atoms with Gasteiger partial charge in [0.1, 0.15) is 0 Å². The molecule has 0 fully saturated rings. The second-order valence-corrected chi connectivity index (χ2v) is 5.92. The van der Waals surface area contributed by atoms with E-state index in [1.807, 2.05) is 11.4 Å². The zero-order valence-electron chi connectivity index (χ0n) is 8.83. The van der Waals surface area contributed by atoms with Crippen LogP contribution in [0.3, 0.4) is 0 Å². The fourth-order valence-electron chi connectivity index (χ4n) is 1.29. The van der Waals surface area contributed by atoms with Crippen molar-refractivity contribution in [1.82, 2.24) is 0 Å². The number of aliphatic hydroxyl groups is 1. The molecule has 0 saturated heterocycles. The highest BCUT2D eigenvalue weighted by Gasteiger charge is 2.19. The van der Waals surface area contributed by atoms with Gasteiger partial charge in [0.15, 0.2) is 0 Å². The Hall–Kier alpha value is 0.140. The predicted molar refractivity (Wildman–Crippen MR) is 65.7 cm³/mol. The Labute approximate surface area is 98.3 Å². The van der Waals surface area contributed by atoms with E-state index in [1.165, 1.54) is 4.88 Å². The first-order chi connectivity index (χ1) is 6.52. The van der Waals surface area contributed by atoms with Crippen LogP contribution in [0.5, 0.6) is 0 Å². The normalized spacial score (nSPS) is 15.9. The molecule has 1 N–H and O–H groups in total. The largest absolute Gasteiger partial charge is 0.392 e. The Bertz CT molecular complexity index is 283. The van der Waals surface area contributed by atoms with Gasteiger partial charge in [0.2, 0.25) is 0 Å². The monoisotopic (exact) mass is 276 g/mol. The van der Waals surface area contributed by atoms with Crippen LogP contribution in [0.15, 0.2) is 15.9 Å². The molecule has 1 aromatic heterocycles. The lowest BCUT2D eigenvalue weighted by molar-refractivity contribution is 0.0927. The molecule has 1 heterocycles. The highest BCUT2D eigenvalue weighted by Crippen LogP contribution is 2.26. The van der Waals surface area contributed by atoms with E-state index in [2.05, 4.69) is 36.7 Å². The molecule has 80 valence electrons. The van der Waals surface area contributed by atoms with E-state index in [9.17, 15) is 5.11 Å². The van der Waals surface area contributed by atoms with Crippen LogP contribution in [0.1, 0.15) is 25.6 Å². The molecule has 0 spiro atoms. The lowest BCUT2D eigenvalue weighted by atomic mass is 9.90. The summed E-state index contributed by atoms with van der Waals surface area (Å²) in [6.45, 7) is 6.41. The highest BCUT2D eigenvalue weighted by molar-refractivity contribution is 9.10. The maximum atomic E-state index is 9.97. The molecule has 0 bridgehead atoms. The highest BCUT2D eigenvalue weighted by atomic mass is 79.9. The van der Waals surface area contributed by atoms with Gasteiger partial charge in [-0.05, 0) is 39.2 Å². The first kappa shape index (κ1) is 12.2. The van der Waals surface area contributed by atoms with Crippen LogP contribution in [0.4, 0.5) is 0 Å². The molecule has 0 aliphatic rings. The Balaban J connectivity index is 2.57. The topological polar surface area (TPSA) is 20.2 Å². The number of rotatable bonds is 4. The molecule has 14 heavy (non-hydrogen) atoms. The van der Waals surface area contributed by atoms with E-state index >= 15 is 0 Å². The maximum absolute atomic E-state index is 9.97. The Morgan fingerprint density at radius 2 is 2.07 bits per heavy atom. The average molecular weight is 277 g/mol. The van der Waals surface area contributed by atoms with Crippen molar-refractivity contribution in [2.24, 2.45) is 11.8 Å². The molecule has 1 aromatic rings. The smallest absolute Gasteiger partial charge is 0.0616 e. The Kier molecular flexibility index (Phi) is 4.61. The number of hydrogen-bond donors (Lipinski definition) is 1. The number of aliphatic hydroxyl groups excluding tert-OH is 1. The van der Waals surface area contributed by atoms with Gasteiger partial charge in [0.05, 0.1) is 6.10 Å². The van der Waals surface area contributed by atoms with Gasteiger partial charge in [-0.1, -0.05) is 20.8 Å². The van der Waals surface area contributed by atoms with Gasteiger partial charge in [0.25, 0.3) is 0 Å². The second kappa shape index (κ2) is 5.29. The third-order valence-electron chi connectivity index (χ3n) is 2.74. The molecule has 0 amide bonds. The second-order valence-electron chi connectivity index (χ2n) is 4.07. The molecular weight excluding hydrogens is 260 g/mol. The summed E-state index contributed by atoms with van der Waals surface area (Å²) in [5, 5.41) is 12.0. The van der Waals surface area contributed by atoms with Crippen molar-refractivity contribution < 1.29 is 5.11 Å². The summed E-state index contributed by atoms with van der Waals surface area (Å²) in [7, 11) is 0. The predicted octanol–water partition coefficient (Wildman–Crippen LogP) is 3.71. The van der Waals surface area contributed by atoms with Crippen LogP contribution in [0.2, 0.25) is 0 Å². The van der Waals surface area contributed by atoms with Crippen LogP contribution in [0.25, 0.3) is 0 Å². The van der Waals surface area contributed by atoms with E-state index in [-0.39, 0.29) is 6.10 Å². The van der Waals surface area contributed by atoms with Gasteiger partial charge in [-0.15, -0.1) is 11.3 Å². The zero-order valence-corrected chi connectivity index (χ0v) is 11.2. The Morgan fingerprint density at radius 1 is 1.43 bits per heavy atom. The van der Waals surface area contributed by atoms with Crippen LogP contribution in [0, 0.1) is 11.8 Å². The van der Waals surface area contributed by atoms with Gasteiger partial charge in [-0.2, -0.15) is 0 Å². The van der Waals surface area contributed by atoms with Gasteiger partial charge >= 0.3 is 0 Å². The number of halogens is 1. The summed E-state index contributed by atoms with van der Waals surface area (Å²) < 4.78 is 1.12. The van der Waals surface area contributed by atoms with E-state index < -0.39 is 0 Å². The van der Waals surface area contributed by atoms with Gasteiger partial charge < -0.3 is 5.11 Å². The minimum Gasteiger partial charge on any atom is -0.392 e. The standard InChI is InChI=1S/C11H17BrOS/c1-7(2)8(3)10(13)6-11-9(12)4-5-14-11/h4-5,7-8,10,13H,6H2,1-3H3. The minimum atomic E-state index is -0.232. The molecule has 2 unspecified atom stereocenters. The zero-order chi connectivity index (χ0) is 10.7. The molecule has 0 aromatic carbocycles. The fourth-order valence-corrected chi connectivity index (χ4v) is 2.86. The summed E-state index contributed by atoms with van der Waals surface area (Å²) in [4.78, 5) is 1.24. The number of hydrogen-bond acceptors (Lipinski definition) is 2. The van der Waals surface area contributed by atoms with Crippen molar-refractivity contribution in [1.29, 1.82) is 0 Å². The minimum absolute atomic E-state index is 0.232. The number of thiophene rings is 1. The summed E-state index contributed by atoms with van der Waals surface area (Å²) in [5.74, 6) is 0.882. The van der Waals surface area contributed by atoms with Crippen LogP contribution in [-0.2, 0) is 6.42 Å². The molecule has 3 heteroatoms. The molecule has 0 aliphatic carbocycles.